The highest BCUT2D eigenvalue weighted by Gasteiger charge is 2.21. The van der Waals surface area contributed by atoms with Crippen LogP contribution in [0.1, 0.15) is 12.8 Å². The summed E-state index contributed by atoms with van der Waals surface area (Å²) >= 11 is 0. The van der Waals surface area contributed by atoms with E-state index >= 15 is 0 Å². The molecular formula is C17H17N5O2. The van der Waals surface area contributed by atoms with Crippen LogP contribution in [0.2, 0.25) is 0 Å². The lowest BCUT2D eigenvalue weighted by Gasteiger charge is -2.21. The van der Waals surface area contributed by atoms with Gasteiger partial charge in [0, 0.05) is 23.7 Å². The number of amides is 1. The van der Waals surface area contributed by atoms with Crippen molar-refractivity contribution in [1.29, 1.82) is 0 Å². The Bertz CT molecular complexity index is 857. The first kappa shape index (κ1) is 14.8. The summed E-state index contributed by atoms with van der Waals surface area (Å²) in [5.41, 5.74) is 0.696. The standard InChI is InChI=1S/C17H17N5O2/c23-17(11-1-3-18-4-2-11)22-16-6-12-5-14(15-9-19-10-24-15)20-7-13(12)8-21-16/h5-11,18H,1-4H2,(H,21,22,23). The van der Waals surface area contributed by atoms with Gasteiger partial charge < -0.3 is 15.1 Å². The quantitative estimate of drug-likeness (QED) is 0.768. The Labute approximate surface area is 138 Å². The molecule has 1 aliphatic heterocycles. The molecule has 0 saturated carbocycles. The first-order valence-corrected chi connectivity index (χ1v) is 7.96. The lowest BCUT2D eigenvalue weighted by Crippen LogP contribution is -2.34. The summed E-state index contributed by atoms with van der Waals surface area (Å²) in [6.07, 6.45) is 8.16. The van der Waals surface area contributed by atoms with Crippen LogP contribution < -0.4 is 10.6 Å². The van der Waals surface area contributed by atoms with Gasteiger partial charge in [-0.2, -0.15) is 0 Å². The molecule has 0 aromatic carbocycles. The summed E-state index contributed by atoms with van der Waals surface area (Å²) in [5, 5.41) is 8.02. The van der Waals surface area contributed by atoms with Crippen molar-refractivity contribution < 1.29 is 9.21 Å². The van der Waals surface area contributed by atoms with Gasteiger partial charge >= 0.3 is 0 Å². The molecular weight excluding hydrogens is 306 g/mol. The van der Waals surface area contributed by atoms with Gasteiger partial charge in [-0.1, -0.05) is 0 Å². The summed E-state index contributed by atoms with van der Waals surface area (Å²) in [6.45, 7) is 1.77. The number of carbonyl (C=O) groups excluding carboxylic acids is 1. The number of oxazole rings is 1. The maximum Gasteiger partial charge on any atom is 0.228 e. The Kier molecular flexibility index (Phi) is 3.92. The Balaban J connectivity index is 1.58. The van der Waals surface area contributed by atoms with Gasteiger partial charge in [0.1, 0.15) is 11.5 Å². The fourth-order valence-corrected chi connectivity index (χ4v) is 2.90. The van der Waals surface area contributed by atoms with Gasteiger partial charge in [0.05, 0.1) is 6.20 Å². The summed E-state index contributed by atoms with van der Waals surface area (Å²) in [5.74, 6) is 1.24. The van der Waals surface area contributed by atoms with Crippen LogP contribution in [0.25, 0.3) is 22.2 Å². The average Bonchev–Trinajstić information content (AvgIpc) is 3.16. The fourth-order valence-electron chi connectivity index (χ4n) is 2.90. The lowest BCUT2D eigenvalue weighted by atomic mass is 9.97. The second-order valence-corrected chi connectivity index (χ2v) is 5.87. The van der Waals surface area contributed by atoms with E-state index in [2.05, 4.69) is 25.6 Å². The number of hydrogen-bond donors (Lipinski definition) is 2. The Morgan fingerprint density at radius 3 is 2.75 bits per heavy atom. The summed E-state index contributed by atoms with van der Waals surface area (Å²) in [7, 11) is 0. The van der Waals surface area contributed by atoms with Gasteiger partial charge in [0.2, 0.25) is 5.91 Å². The highest BCUT2D eigenvalue weighted by molar-refractivity contribution is 5.94. The van der Waals surface area contributed by atoms with Gasteiger partial charge in [0.25, 0.3) is 0 Å². The number of piperidine rings is 1. The van der Waals surface area contributed by atoms with Gasteiger partial charge in [-0.15, -0.1) is 0 Å². The normalized spacial score (nSPS) is 15.5. The monoisotopic (exact) mass is 323 g/mol. The van der Waals surface area contributed by atoms with Gasteiger partial charge in [-0.05, 0) is 43.5 Å². The summed E-state index contributed by atoms with van der Waals surface area (Å²) in [4.78, 5) is 24.9. The Morgan fingerprint density at radius 1 is 1.12 bits per heavy atom. The first-order valence-electron chi connectivity index (χ1n) is 7.96. The van der Waals surface area contributed by atoms with Crippen LogP contribution in [0.5, 0.6) is 0 Å². The van der Waals surface area contributed by atoms with Crippen molar-refractivity contribution in [2.45, 2.75) is 12.8 Å². The van der Waals surface area contributed by atoms with Crippen molar-refractivity contribution in [3.8, 4) is 11.5 Å². The first-order chi connectivity index (χ1) is 11.8. The van der Waals surface area contributed by atoms with E-state index < -0.39 is 0 Å². The molecule has 4 heterocycles. The third-order valence-electron chi connectivity index (χ3n) is 4.25. The van der Waals surface area contributed by atoms with E-state index in [0.717, 1.165) is 36.7 Å². The van der Waals surface area contributed by atoms with Crippen molar-refractivity contribution in [3.05, 3.63) is 37.1 Å². The van der Waals surface area contributed by atoms with Crippen LogP contribution in [0.4, 0.5) is 5.82 Å². The van der Waals surface area contributed by atoms with Crippen LogP contribution in [0.3, 0.4) is 0 Å². The third kappa shape index (κ3) is 2.98. The minimum atomic E-state index is 0.0351. The number of rotatable bonds is 3. The molecule has 0 bridgehead atoms. The van der Waals surface area contributed by atoms with E-state index in [0.29, 0.717) is 17.3 Å². The minimum Gasteiger partial charge on any atom is -0.442 e. The lowest BCUT2D eigenvalue weighted by molar-refractivity contribution is -0.120. The number of nitrogens with zero attached hydrogens (tertiary/aromatic N) is 3. The molecule has 0 radical (unpaired) electrons. The van der Waals surface area contributed by atoms with E-state index in [-0.39, 0.29) is 11.8 Å². The second kappa shape index (κ2) is 6.37. The molecule has 3 aromatic heterocycles. The predicted molar refractivity (Wildman–Crippen MR) is 89.3 cm³/mol. The zero-order chi connectivity index (χ0) is 16.4. The van der Waals surface area contributed by atoms with E-state index in [1.165, 1.54) is 6.39 Å². The number of anilines is 1. The molecule has 4 rings (SSSR count). The number of pyridine rings is 2. The molecule has 0 aliphatic carbocycles. The highest BCUT2D eigenvalue weighted by atomic mass is 16.3. The SMILES string of the molecule is O=C(Nc1cc2cc(-c3cnco3)ncc2cn1)C1CCNCC1. The zero-order valence-corrected chi connectivity index (χ0v) is 13.0. The number of fused-ring (bicyclic) bond motifs is 1. The molecule has 7 nitrogen and oxygen atoms in total. The van der Waals surface area contributed by atoms with Gasteiger partial charge in [-0.25, -0.2) is 9.97 Å². The molecule has 1 saturated heterocycles. The van der Waals surface area contributed by atoms with E-state index in [1.54, 1.807) is 18.6 Å². The molecule has 122 valence electrons. The van der Waals surface area contributed by atoms with Gasteiger partial charge in [0.15, 0.2) is 12.2 Å². The van der Waals surface area contributed by atoms with Crippen molar-refractivity contribution in [1.82, 2.24) is 20.3 Å². The molecule has 0 atom stereocenters. The Morgan fingerprint density at radius 2 is 1.96 bits per heavy atom. The van der Waals surface area contributed by atoms with E-state index in [4.69, 9.17) is 4.42 Å². The smallest absolute Gasteiger partial charge is 0.228 e. The fraction of sp³-hybridized carbons (Fsp3) is 0.294. The minimum absolute atomic E-state index is 0.0351. The largest absolute Gasteiger partial charge is 0.442 e. The molecule has 3 aromatic rings. The second-order valence-electron chi connectivity index (χ2n) is 5.87. The molecule has 0 spiro atoms. The maximum atomic E-state index is 12.3. The molecule has 24 heavy (non-hydrogen) atoms. The van der Waals surface area contributed by atoms with Crippen molar-refractivity contribution in [2.75, 3.05) is 18.4 Å². The third-order valence-corrected chi connectivity index (χ3v) is 4.25. The van der Waals surface area contributed by atoms with Crippen molar-refractivity contribution in [3.63, 3.8) is 0 Å². The predicted octanol–water partition coefficient (Wildman–Crippen LogP) is 2.22. The maximum absolute atomic E-state index is 12.3. The molecule has 7 heteroatoms. The summed E-state index contributed by atoms with van der Waals surface area (Å²) < 4.78 is 5.28. The number of carbonyl (C=O) groups is 1. The molecule has 2 N–H and O–H groups in total. The molecule has 1 amide bonds. The zero-order valence-electron chi connectivity index (χ0n) is 13.0. The Hall–Kier alpha value is -2.80. The van der Waals surface area contributed by atoms with Crippen LogP contribution in [0.15, 0.2) is 41.5 Å². The molecule has 1 fully saturated rings. The van der Waals surface area contributed by atoms with Crippen molar-refractivity contribution in [2.24, 2.45) is 5.92 Å². The number of hydrogen-bond acceptors (Lipinski definition) is 6. The van der Waals surface area contributed by atoms with Crippen LogP contribution in [-0.2, 0) is 4.79 Å². The average molecular weight is 323 g/mol. The van der Waals surface area contributed by atoms with E-state index in [9.17, 15) is 4.79 Å². The summed E-state index contributed by atoms with van der Waals surface area (Å²) in [6, 6.07) is 3.76. The number of aromatic nitrogens is 3. The van der Waals surface area contributed by atoms with Crippen LogP contribution >= 0.6 is 0 Å². The topological polar surface area (TPSA) is 92.9 Å². The van der Waals surface area contributed by atoms with Crippen LogP contribution in [0, 0.1) is 5.92 Å². The molecule has 1 aliphatic rings. The van der Waals surface area contributed by atoms with E-state index in [1.807, 2.05) is 12.1 Å². The molecule has 0 unspecified atom stereocenters. The van der Waals surface area contributed by atoms with Gasteiger partial charge in [-0.3, -0.25) is 9.78 Å². The number of nitrogens with one attached hydrogen (secondary N) is 2. The van der Waals surface area contributed by atoms with Crippen molar-refractivity contribution >= 4 is 22.5 Å². The van der Waals surface area contributed by atoms with Crippen LogP contribution in [-0.4, -0.2) is 33.9 Å². The highest BCUT2D eigenvalue weighted by Crippen LogP contribution is 2.23.